The Labute approximate surface area is 143 Å². The molecule has 4 aromatic rings. The van der Waals surface area contributed by atoms with Crippen molar-refractivity contribution in [1.82, 2.24) is 15.1 Å². The fourth-order valence-electron chi connectivity index (χ4n) is 1.90. The Morgan fingerprint density at radius 3 is 3.00 bits per heavy atom. The SMILES string of the molecule is O=C(OCc1noc(-c2ccco2)n1)c1csc(-c2ccsc2)n1. The number of hydrogen-bond acceptors (Lipinski definition) is 9. The van der Waals surface area contributed by atoms with Crippen molar-refractivity contribution in [2.45, 2.75) is 6.61 Å². The van der Waals surface area contributed by atoms with E-state index in [-0.39, 0.29) is 24.0 Å². The molecule has 0 spiro atoms. The third-order valence-corrected chi connectivity index (χ3v) is 4.59. The fraction of sp³-hybridized carbons (Fsp3) is 0.0667. The summed E-state index contributed by atoms with van der Waals surface area (Å²) < 4.78 is 15.4. The molecule has 0 radical (unpaired) electrons. The van der Waals surface area contributed by atoms with Gasteiger partial charge >= 0.3 is 5.97 Å². The number of carbonyl (C=O) groups is 1. The molecule has 4 rings (SSSR count). The molecular weight excluding hydrogens is 350 g/mol. The summed E-state index contributed by atoms with van der Waals surface area (Å²) in [5.74, 6) is 0.416. The summed E-state index contributed by atoms with van der Waals surface area (Å²) in [5, 5.41) is 10.1. The highest BCUT2D eigenvalue weighted by Crippen LogP contribution is 2.26. The summed E-state index contributed by atoms with van der Waals surface area (Å²) in [6.45, 7) is -0.103. The Morgan fingerprint density at radius 1 is 1.25 bits per heavy atom. The van der Waals surface area contributed by atoms with Gasteiger partial charge in [-0.25, -0.2) is 9.78 Å². The highest BCUT2D eigenvalue weighted by atomic mass is 32.1. The maximum Gasteiger partial charge on any atom is 0.358 e. The van der Waals surface area contributed by atoms with Crippen LogP contribution in [0.3, 0.4) is 0 Å². The van der Waals surface area contributed by atoms with Crippen molar-refractivity contribution in [3.8, 4) is 22.2 Å². The van der Waals surface area contributed by atoms with E-state index >= 15 is 0 Å². The molecule has 9 heteroatoms. The topological polar surface area (TPSA) is 91.2 Å². The first kappa shape index (κ1) is 14.8. The smallest absolute Gasteiger partial charge is 0.358 e. The average molecular weight is 359 g/mol. The lowest BCUT2D eigenvalue weighted by molar-refractivity contribution is 0.0454. The third-order valence-electron chi connectivity index (χ3n) is 3.01. The molecule has 4 heterocycles. The molecule has 0 aliphatic carbocycles. The van der Waals surface area contributed by atoms with Crippen LogP contribution in [0.5, 0.6) is 0 Å². The first-order valence-electron chi connectivity index (χ1n) is 6.81. The van der Waals surface area contributed by atoms with E-state index in [1.54, 1.807) is 28.8 Å². The monoisotopic (exact) mass is 359 g/mol. The van der Waals surface area contributed by atoms with Crippen molar-refractivity contribution in [2.24, 2.45) is 0 Å². The zero-order chi connectivity index (χ0) is 16.4. The zero-order valence-electron chi connectivity index (χ0n) is 12.0. The molecule has 0 saturated heterocycles. The molecule has 7 nitrogen and oxygen atoms in total. The van der Waals surface area contributed by atoms with Gasteiger partial charge in [0.1, 0.15) is 5.01 Å². The summed E-state index contributed by atoms with van der Waals surface area (Å²) in [7, 11) is 0. The Morgan fingerprint density at radius 2 is 2.21 bits per heavy atom. The Bertz CT molecular complexity index is 941. The molecule has 0 aliphatic rings. The van der Waals surface area contributed by atoms with Crippen LogP contribution in [-0.4, -0.2) is 21.1 Å². The van der Waals surface area contributed by atoms with Crippen LogP contribution in [0.25, 0.3) is 22.2 Å². The maximum absolute atomic E-state index is 12.1. The van der Waals surface area contributed by atoms with Gasteiger partial charge in [-0.15, -0.1) is 11.3 Å². The van der Waals surface area contributed by atoms with E-state index < -0.39 is 5.97 Å². The lowest BCUT2D eigenvalue weighted by Gasteiger charge is -1.98. The van der Waals surface area contributed by atoms with Crippen LogP contribution in [0.2, 0.25) is 0 Å². The van der Waals surface area contributed by atoms with Gasteiger partial charge in [-0.2, -0.15) is 16.3 Å². The number of carbonyl (C=O) groups excluding carboxylic acids is 1. The number of thiazole rings is 1. The van der Waals surface area contributed by atoms with E-state index in [1.165, 1.54) is 17.6 Å². The van der Waals surface area contributed by atoms with E-state index in [2.05, 4.69) is 15.1 Å². The first-order valence-corrected chi connectivity index (χ1v) is 8.63. The fourth-order valence-corrected chi connectivity index (χ4v) is 3.40. The molecule has 0 amide bonds. The number of aromatic nitrogens is 3. The second kappa shape index (κ2) is 6.38. The Kier molecular flexibility index (Phi) is 3.93. The van der Waals surface area contributed by atoms with Crippen molar-refractivity contribution in [1.29, 1.82) is 0 Å². The molecule has 0 unspecified atom stereocenters. The number of rotatable bonds is 5. The summed E-state index contributed by atoms with van der Waals surface area (Å²) in [6.07, 6.45) is 1.51. The number of furan rings is 1. The zero-order valence-corrected chi connectivity index (χ0v) is 13.7. The molecule has 0 N–H and O–H groups in total. The minimum Gasteiger partial charge on any atom is -0.459 e. The lowest BCUT2D eigenvalue weighted by atomic mass is 10.3. The van der Waals surface area contributed by atoms with E-state index in [0.717, 1.165) is 10.6 Å². The molecule has 0 bridgehead atoms. The number of esters is 1. The summed E-state index contributed by atoms with van der Waals surface area (Å²) in [6, 6.07) is 5.37. The number of ether oxygens (including phenoxy) is 1. The summed E-state index contributed by atoms with van der Waals surface area (Å²) >= 11 is 2.97. The van der Waals surface area contributed by atoms with Crippen LogP contribution < -0.4 is 0 Å². The van der Waals surface area contributed by atoms with Crippen LogP contribution in [0.15, 0.2) is 49.5 Å². The van der Waals surface area contributed by atoms with Gasteiger partial charge in [-0.3, -0.25) is 0 Å². The van der Waals surface area contributed by atoms with Crippen molar-refractivity contribution in [3.05, 3.63) is 52.1 Å². The largest absolute Gasteiger partial charge is 0.459 e. The predicted octanol–water partition coefficient (Wildman–Crippen LogP) is 3.87. The van der Waals surface area contributed by atoms with Crippen molar-refractivity contribution < 1.29 is 18.5 Å². The summed E-state index contributed by atoms with van der Waals surface area (Å²) in [5.41, 5.74) is 1.25. The normalized spacial score (nSPS) is 10.8. The van der Waals surface area contributed by atoms with Crippen molar-refractivity contribution >= 4 is 28.6 Å². The van der Waals surface area contributed by atoms with Gasteiger partial charge in [-0.05, 0) is 23.6 Å². The maximum atomic E-state index is 12.1. The van der Waals surface area contributed by atoms with E-state index in [1.807, 2.05) is 16.8 Å². The quantitative estimate of drug-likeness (QED) is 0.499. The molecule has 0 aliphatic heterocycles. The standard InChI is InChI=1S/C15H9N3O4S2/c19-15(10-8-24-14(16-10)9-3-5-23-7-9)21-6-12-17-13(22-18-12)11-2-1-4-20-11/h1-5,7-8H,6H2. The van der Waals surface area contributed by atoms with Gasteiger partial charge in [0.05, 0.1) is 6.26 Å². The second-order valence-corrected chi connectivity index (χ2v) is 6.26. The highest BCUT2D eigenvalue weighted by Gasteiger charge is 2.16. The first-order chi connectivity index (χ1) is 11.8. The Balaban J connectivity index is 1.40. The molecule has 24 heavy (non-hydrogen) atoms. The lowest BCUT2D eigenvalue weighted by Crippen LogP contribution is -2.06. The molecule has 4 aromatic heterocycles. The van der Waals surface area contributed by atoms with Gasteiger partial charge in [0.15, 0.2) is 18.1 Å². The van der Waals surface area contributed by atoms with E-state index in [4.69, 9.17) is 13.7 Å². The minimum absolute atomic E-state index is 0.103. The summed E-state index contributed by atoms with van der Waals surface area (Å²) in [4.78, 5) is 20.4. The Hall–Kier alpha value is -2.78. The van der Waals surface area contributed by atoms with E-state index in [9.17, 15) is 4.79 Å². The average Bonchev–Trinajstić information content (AvgIpc) is 3.40. The van der Waals surface area contributed by atoms with Crippen molar-refractivity contribution in [2.75, 3.05) is 0 Å². The third kappa shape index (κ3) is 2.99. The predicted molar refractivity (Wildman–Crippen MR) is 86.5 cm³/mol. The number of nitrogens with zero attached hydrogens (tertiary/aromatic N) is 3. The van der Waals surface area contributed by atoms with Crippen LogP contribution in [0, 0.1) is 0 Å². The molecule has 120 valence electrons. The molecule has 0 aromatic carbocycles. The van der Waals surface area contributed by atoms with Crippen molar-refractivity contribution in [3.63, 3.8) is 0 Å². The molecule has 0 saturated carbocycles. The highest BCUT2D eigenvalue weighted by molar-refractivity contribution is 7.14. The second-order valence-electron chi connectivity index (χ2n) is 4.62. The van der Waals surface area contributed by atoms with Gasteiger partial charge < -0.3 is 13.7 Å². The number of thiophene rings is 1. The van der Waals surface area contributed by atoms with Gasteiger partial charge in [0.25, 0.3) is 5.89 Å². The minimum atomic E-state index is -0.530. The number of hydrogen-bond donors (Lipinski definition) is 0. The van der Waals surface area contributed by atoms with Crippen LogP contribution in [-0.2, 0) is 11.3 Å². The molecule has 0 atom stereocenters. The van der Waals surface area contributed by atoms with Gasteiger partial charge in [0, 0.05) is 16.3 Å². The van der Waals surface area contributed by atoms with Gasteiger partial charge in [-0.1, -0.05) is 5.16 Å². The van der Waals surface area contributed by atoms with E-state index in [0.29, 0.717) is 5.76 Å². The van der Waals surface area contributed by atoms with Crippen LogP contribution >= 0.6 is 22.7 Å². The molecular formula is C15H9N3O4S2. The molecule has 0 fully saturated rings. The van der Waals surface area contributed by atoms with Crippen LogP contribution in [0.1, 0.15) is 16.3 Å². The van der Waals surface area contributed by atoms with Gasteiger partial charge in [0.2, 0.25) is 5.82 Å². The van der Waals surface area contributed by atoms with Crippen LogP contribution in [0.4, 0.5) is 0 Å².